The summed E-state index contributed by atoms with van der Waals surface area (Å²) in [7, 11) is 0. The molecule has 2 aromatic rings. The second-order valence-electron chi connectivity index (χ2n) is 6.08. The number of carbonyl (C=O) groups is 1. The number of carbonyl (C=O) groups excluding carboxylic acids is 1. The Kier molecular flexibility index (Phi) is 2.99. The molecule has 118 valence electrons. The van der Waals surface area contributed by atoms with E-state index in [0.29, 0.717) is 43.0 Å². The van der Waals surface area contributed by atoms with Gasteiger partial charge in [0.25, 0.3) is 0 Å². The number of nitrogens with zero attached hydrogens (tertiary/aromatic N) is 1. The lowest BCUT2D eigenvalue weighted by Gasteiger charge is -2.42. The third kappa shape index (κ3) is 2.05. The van der Waals surface area contributed by atoms with Gasteiger partial charge in [0, 0.05) is 11.1 Å². The molecule has 0 unspecified atom stereocenters. The van der Waals surface area contributed by atoms with Crippen molar-refractivity contribution in [2.75, 3.05) is 13.2 Å². The maximum atomic E-state index is 13.5. The van der Waals surface area contributed by atoms with Crippen LogP contribution in [0, 0.1) is 17.0 Å². The average Bonchev–Trinajstić information content (AvgIpc) is 2.50. The van der Waals surface area contributed by atoms with Gasteiger partial charge in [-0.2, -0.15) is 0 Å². The summed E-state index contributed by atoms with van der Waals surface area (Å²) in [6.07, 6.45) is 1.30. The van der Waals surface area contributed by atoms with Gasteiger partial charge in [0.1, 0.15) is 0 Å². The minimum Gasteiger partial charge on any atom is -0.503 e. The lowest BCUT2D eigenvalue weighted by molar-refractivity contribution is -0.0925. The second-order valence-corrected chi connectivity index (χ2v) is 6.08. The summed E-state index contributed by atoms with van der Waals surface area (Å²) in [5, 5.41) is 9.17. The highest BCUT2D eigenvalue weighted by Crippen LogP contribution is 2.41. The Morgan fingerprint density at radius 3 is 2.48 bits per heavy atom. The second kappa shape index (κ2) is 4.83. The van der Waals surface area contributed by atoms with Crippen LogP contribution < -0.4 is 0 Å². The summed E-state index contributed by atoms with van der Waals surface area (Å²) < 4.78 is 32.2. The zero-order chi connectivity index (χ0) is 16.2. The van der Waals surface area contributed by atoms with Crippen LogP contribution in [-0.4, -0.2) is 29.1 Å². The van der Waals surface area contributed by atoms with Crippen molar-refractivity contribution in [1.82, 2.24) is 4.98 Å². The Morgan fingerprint density at radius 2 is 1.87 bits per heavy atom. The lowest BCUT2D eigenvalue weighted by atomic mass is 9.70. The maximum absolute atomic E-state index is 13.5. The molecular formula is C17H13F2NO3. The predicted molar refractivity (Wildman–Crippen MR) is 77.2 cm³/mol. The van der Waals surface area contributed by atoms with Crippen molar-refractivity contribution in [3.8, 4) is 17.0 Å². The van der Waals surface area contributed by atoms with E-state index in [0.717, 1.165) is 12.1 Å². The Bertz CT molecular complexity index is 808. The number of phenolic OH excluding ortho intramolecular Hbond substituents is 1. The molecule has 1 saturated heterocycles. The van der Waals surface area contributed by atoms with E-state index >= 15 is 0 Å². The Balaban J connectivity index is 1.75. The number of benzene rings is 1. The molecule has 1 aromatic heterocycles. The zero-order valence-electron chi connectivity index (χ0n) is 12.1. The first kappa shape index (κ1) is 14.3. The molecule has 6 heteroatoms. The van der Waals surface area contributed by atoms with Crippen molar-refractivity contribution in [2.24, 2.45) is 5.41 Å². The summed E-state index contributed by atoms with van der Waals surface area (Å²) in [4.78, 5) is 16.9. The van der Waals surface area contributed by atoms with Crippen LogP contribution in [0.4, 0.5) is 8.78 Å². The van der Waals surface area contributed by atoms with E-state index in [1.807, 2.05) is 0 Å². The number of phenols is 1. The number of ether oxygens (including phenoxy) is 1. The largest absolute Gasteiger partial charge is 0.503 e. The van der Waals surface area contributed by atoms with Crippen LogP contribution in [0.5, 0.6) is 5.75 Å². The molecule has 23 heavy (non-hydrogen) atoms. The smallest absolute Gasteiger partial charge is 0.187 e. The van der Waals surface area contributed by atoms with Gasteiger partial charge in [-0.05, 0) is 37.1 Å². The highest BCUT2D eigenvalue weighted by atomic mass is 19.1. The molecule has 1 aliphatic heterocycles. The van der Waals surface area contributed by atoms with Gasteiger partial charge in [-0.1, -0.05) is 0 Å². The molecule has 0 saturated carbocycles. The summed E-state index contributed by atoms with van der Waals surface area (Å²) in [6, 6.07) is 5.28. The monoisotopic (exact) mass is 317 g/mol. The third-order valence-corrected chi connectivity index (χ3v) is 4.61. The van der Waals surface area contributed by atoms with E-state index in [2.05, 4.69) is 4.98 Å². The van der Waals surface area contributed by atoms with Crippen LogP contribution in [0.1, 0.15) is 22.5 Å². The number of hydrogen-bond acceptors (Lipinski definition) is 4. The number of aryl methyl sites for hydroxylation is 1. The molecule has 0 bridgehead atoms. The standard InChI is InChI=1S/C17H13F2NO3/c18-11-5-9(6-12(19)15(11)21)13-2-1-10-14(20-13)3-4-17(16(10)22)7-23-8-17/h1-2,5-6,21H,3-4,7-8H2. The number of rotatable bonds is 1. The van der Waals surface area contributed by atoms with Crippen molar-refractivity contribution >= 4 is 5.78 Å². The van der Waals surface area contributed by atoms with Crippen molar-refractivity contribution in [3.63, 3.8) is 0 Å². The van der Waals surface area contributed by atoms with E-state index < -0.39 is 22.8 Å². The Hall–Kier alpha value is -2.34. The van der Waals surface area contributed by atoms with Crippen LogP contribution in [0.25, 0.3) is 11.3 Å². The molecule has 4 nitrogen and oxygen atoms in total. The van der Waals surface area contributed by atoms with Gasteiger partial charge < -0.3 is 9.84 Å². The van der Waals surface area contributed by atoms with Crippen molar-refractivity contribution < 1.29 is 23.4 Å². The minimum atomic E-state index is -1.04. The number of ketones is 1. The fourth-order valence-electron chi connectivity index (χ4n) is 3.15. The molecule has 1 fully saturated rings. The summed E-state index contributed by atoms with van der Waals surface area (Å²) in [5.41, 5.74) is 1.38. The number of Topliss-reactive ketones (excluding diaryl/α,β-unsaturated/α-hetero) is 1. The first-order valence-electron chi connectivity index (χ1n) is 7.31. The number of aromatic hydroxyl groups is 1. The molecular weight excluding hydrogens is 304 g/mol. The minimum absolute atomic E-state index is 0.0344. The van der Waals surface area contributed by atoms with Gasteiger partial charge >= 0.3 is 0 Å². The van der Waals surface area contributed by atoms with E-state index in [-0.39, 0.29) is 11.3 Å². The fraction of sp³-hybridized carbons (Fsp3) is 0.294. The van der Waals surface area contributed by atoms with Gasteiger partial charge in [-0.3, -0.25) is 9.78 Å². The van der Waals surface area contributed by atoms with Crippen LogP contribution in [0.3, 0.4) is 0 Å². The van der Waals surface area contributed by atoms with Gasteiger partial charge in [0.15, 0.2) is 23.2 Å². The molecule has 2 aliphatic rings. The van der Waals surface area contributed by atoms with E-state index in [9.17, 15) is 13.6 Å². The molecule has 1 aromatic carbocycles. The van der Waals surface area contributed by atoms with Crippen molar-refractivity contribution in [1.29, 1.82) is 0 Å². The number of hydrogen-bond donors (Lipinski definition) is 1. The van der Waals surface area contributed by atoms with E-state index in [1.165, 1.54) is 0 Å². The van der Waals surface area contributed by atoms with Gasteiger partial charge in [0.05, 0.1) is 30.0 Å². The Morgan fingerprint density at radius 1 is 1.17 bits per heavy atom. The predicted octanol–water partition coefficient (Wildman–Crippen LogP) is 2.88. The molecule has 4 rings (SSSR count). The molecule has 1 spiro atoms. The highest BCUT2D eigenvalue weighted by molar-refractivity contribution is 6.03. The maximum Gasteiger partial charge on any atom is 0.187 e. The summed E-state index contributed by atoms with van der Waals surface area (Å²) >= 11 is 0. The fourth-order valence-corrected chi connectivity index (χ4v) is 3.15. The zero-order valence-corrected chi connectivity index (χ0v) is 12.1. The SMILES string of the molecule is O=C1c2ccc(-c3cc(F)c(O)c(F)c3)nc2CCC12COC2. The summed E-state index contributed by atoms with van der Waals surface area (Å²) in [6.45, 7) is 0.892. The van der Waals surface area contributed by atoms with Crippen molar-refractivity contribution in [2.45, 2.75) is 12.8 Å². The molecule has 0 atom stereocenters. The van der Waals surface area contributed by atoms with Crippen LogP contribution in [0.2, 0.25) is 0 Å². The van der Waals surface area contributed by atoms with Gasteiger partial charge in [-0.15, -0.1) is 0 Å². The molecule has 0 amide bonds. The molecule has 2 heterocycles. The van der Waals surface area contributed by atoms with Crippen LogP contribution in [0.15, 0.2) is 24.3 Å². The van der Waals surface area contributed by atoms with Crippen molar-refractivity contribution in [3.05, 3.63) is 47.2 Å². The first-order chi connectivity index (χ1) is 11.0. The van der Waals surface area contributed by atoms with Gasteiger partial charge in [0.2, 0.25) is 0 Å². The normalized spacial score (nSPS) is 18.6. The topological polar surface area (TPSA) is 59.4 Å². The van der Waals surface area contributed by atoms with Crippen LogP contribution >= 0.6 is 0 Å². The highest BCUT2D eigenvalue weighted by Gasteiger charge is 2.48. The summed E-state index contributed by atoms with van der Waals surface area (Å²) in [5.74, 6) is -3.05. The third-order valence-electron chi connectivity index (χ3n) is 4.61. The van der Waals surface area contributed by atoms with E-state index in [4.69, 9.17) is 9.84 Å². The average molecular weight is 317 g/mol. The lowest BCUT2D eigenvalue weighted by Crippen LogP contribution is -2.51. The Labute approximate surface area is 130 Å². The molecule has 1 aliphatic carbocycles. The quantitative estimate of drug-likeness (QED) is 0.878. The number of fused-ring (bicyclic) bond motifs is 1. The van der Waals surface area contributed by atoms with Crippen LogP contribution in [-0.2, 0) is 11.2 Å². The van der Waals surface area contributed by atoms with Gasteiger partial charge in [-0.25, -0.2) is 8.78 Å². The van der Waals surface area contributed by atoms with E-state index in [1.54, 1.807) is 12.1 Å². The number of halogens is 2. The number of pyridine rings is 1. The molecule has 0 radical (unpaired) electrons. The first-order valence-corrected chi connectivity index (χ1v) is 7.31. The molecule has 1 N–H and O–H groups in total. The number of aromatic nitrogens is 1.